The van der Waals surface area contributed by atoms with Crippen molar-refractivity contribution < 1.29 is 9.31 Å². The number of hydrogen-bond acceptors (Lipinski definition) is 2. The van der Waals surface area contributed by atoms with Crippen molar-refractivity contribution in [1.82, 2.24) is 0 Å². The highest BCUT2D eigenvalue weighted by Crippen LogP contribution is 2.65. The molecular weight excluding hydrogens is 271 g/mol. The molecule has 1 saturated heterocycles. The van der Waals surface area contributed by atoms with Gasteiger partial charge in [0.25, 0.3) is 0 Å². The van der Waals surface area contributed by atoms with Crippen LogP contribution in [0.4, 0.5) is 0 Å². The van der Waals surface area contributed by atoms with E-state index in [-0.39, 0.29) is 12.7 Å². The van der Waals surface area contributed by atoms with Crippen molar-refractivity contribution in [2.45, 2.75) is 51.6 Å². The van der Waals surface area contributed by atoms with Gasteiger partial charge in [0.2, 0.25) is 0 Å². The molecule has 0 unspecified atom stereocenters. The number of hydrogen-bond donors (Lipinski definition) is 0. The third-order valence-electron chi connectivity index (χ3n) is 6.44. The molecule has 1 aliphatic heterocycles. The molecule has 1 aromatic rings. The molecule has 0 amide bonds. The second kappa shape index (κ2) is 4.97. The Morgan fingerprint density at radius 2 is 1.95 bits per heavy atom. The highest BCUT2D eigenvalue weighted by molar-refractivity contribution is 6.46. The highest BCUT2D eigenvalue weighted by atomic mass is 16.7. The van der Waals surface area contributed by atoms with Gasteiger partial charge in [0.15, 0.2) is 0 Å². The van der Waals surface area contributed by atoms with Crippen LogP contribution < -0.4 is 0 Å². The lowest BCUT2D eigenvalue weighted by atomic mass is 9.43. The third-order valence-corrected chi connectivity index (χ3v) is 6.44. The van der Waals surface area contributed by atoms with Gasteiger partial charge in [0.1, 0.15) is 0 Å². The normalized spacial score (nSPS) is 38.9. The summed E-state index contributed by atoms with van der Waals surface area (Å²) in [5, 5.41) is 0. The molecule has 0 N–H and O–H groups in total. The third kappa shape index (κ3) is 2.10. The van der Waals surface area contributed by atoms with E-state index in [0.29, 0.717) is 17.4 Å². The molecule has 116 valence electrons. The monoisotopic (exact) mass is 296 g/mol. The lowest BCUT2D eigenvalue weighted by Gasteiger charge is -2.64. The largest absolute Gasteiger partial charge is 0.461 e. The summed E-state index contributed by atoms with van der Waals surface area (Å²) in [5.74, 6) is 1.46. The molecule has 1 aromatic carbocycles. The van der Waals surface area contributed by atoms with E-state index >= 15 is 0 Å². The average Bonchev–Trinajstić information content (AvgIpc) is 2.84. The maximum Gasteiger partial charge on any atom is 0.461 e. The van der Waals surface area contributed by atoms with E-state index in [2.05, 4.69) is 57.2 Å². The molecule has 2 nitrogen and oxygen atoms in total. The van der Waals surface area contributed by atoms with Crippen molar-refractivity contribution in [3.8, 4) is 0 Å². The predicted molar refractivity (Wildman–Crippen MR) is 90.4 cm³/mol. The lowest BCUT2D eigenvalue weighted by molar-refractivity contribution is -0.199. The summed E-state index contributed by atoms with van der Waals surface area (Å²) in [6, 6.07) is 10.4. The van der Waals surface area contributed by atoms with E-state index in [1.54, 1.807) is 0 Å². The zero-order valence-electron chi connectivity index (χ0n) is 13.8. The average molecular weight is 296 g/mol. The van der Waals surface area contributed by atoms with Gasteiger partial charge in [-0.15, -0.1) is 0 Å². The summed E-state index contributed by atoms with van der Waals surface area (Å²) in [6.07, 6.45) is 7.93. The fraction of sp³-hybridized carbons (Fsp3) is 0.579. The summed E-state index contributed by atoms with van der Waals surface area (Å²) < 4.78 is 12.6. The molecule has 1 heterocycles. The van der Waals surface area contributed by atoms with Crippen molar-refractivity contribution in [2.24, 2.45) is 17.3 Å². The van der Waals surface area contributed by atoms with Crippen LogP contribution in [0.5, 0.6) is 0 Å². The molecule has 3 heteroatoms. The van der Waals surface area contributed by atoms with Crippen LogP contribution in [-0.2, 0) is 9.31 Å². The molecule has 0 radical (unpaired) electrons. The van der Waals surface area contributed by atoms with E-state index in [0.717, 1.165) is 12.2 Å². The summed E-state index contributed by atoms with van der Waals surface area (Å²) in [7, 11) is -0.0786. The summed E-state index contributed by atoms with van der Waals surface area (Å²) >= 11 is 0. The lowest BCUT2D eigenvalue weighted by Crippen LogP contribution is -2.65. The van der Waals surface area contributed by atoms with Gasteiger partial charge in [-0.3, -0.25) is 0 Å². The Bertz CT molecular complexity index is 582. The van der Waals surface area contributed by atoms with Crippen LogP contribution in [0.25, 0.3) is 6.08 Å². The molecule has 4 aliphatic rings. The molecule has 0 aromatic heterocycles. The smallest absolute Gasteiger partial charge is 0.405 e. The van der Waals surface area contributed by atoms with E-state index in [1.807, 2.05) is 6.07 Å². The number of allylic oxidation sites excluding steroid dienone is 1. The zero-order valence-corrected chi connectivity index (χ0v) is 13.8. The van der Waals surface area contributed by atoms with Crippen LogP contribution in [0.1, 0.15) is 39.2 Å². The first-order chi connectivity index (χ1) is 10.5. The van der Waals surface area contributed by atoms with Gasteiger partial charge in [0.05, 0.1) is 11.7 Å². The number of benzene rings is 1. The van der Waals surface area contributed by atoms with Gasteiger partial charge >= 0.3 is 7.12 Å². The molecule has 5 rings (SSSR count). The highest BCUT2D eigenvalue weighted by Gasteiger charge is 2.67. The maximum atomic E-state index is 6.40. The first-order valence-electron chi connectivity index (χ1n) is 8.55. The van der Waals surface area contributed by atoms with Gasteiger partial charge in [0, 0.05) is 6.32 Å². The van der Waals surface area contributed by atoms with E-state index in [4.69, 9.17) is 9.31 Å². The minimum atomic E-state index is -0.0799. The van der Waals surface area contributed by atoms with Gasteiger partial charge in [-0.1, -0.05) is 56.3 Å². The zero-order chi connectivity index (χ0) is 15.4. The van der Waals surface area contributed by atoms with Crippen molar-refractivity contribution >= 4 is 13.2 Å². The van der Waals surface area contributed by atoms with Crippen LogP contribution in [-0.4, -0.2) is 18.8 Å². The maximum absolute atomic E-state index is 6.40. The standard InChI is InChI=1S/C19H25BO2/c1-18(2)15-12-16(18)19(3)17(13-15)21-20(22-19)11-7-10-14-8-5-4-6-9-14/h4-10,15-17H,11-13H2,1-3H3/b10-7-/t15-,16-,17+,19-/m0/s1. The molecule has 2 bridgehead atoms. The fourth-order valence-electron chi connectivity index (χ4n) is 4.93. The van der Waals surface area contributed by atoms with Crippen LogP contribution in [0.3, 0.4) is 0 Å². The van der Waals surface area contributed by atoms with Gasteiger partial charge < -0.3 is 9.31 Å². The Morgan fingerprint density at radius 3 is 2.68 bits per heavy atom. The van der Waals surface area contributed by atoms with Crippen molar-refractivity contribution in [1.29, 1.82) is 0 Å². The molecule has 3 aliphatic carbocycles. The summed E-state index contributed by atoms with van der Waals surface area (Å²) in [4.78, 5) is 0. The van der Waals surface area contributed by atoms with Crippen molar-refractivity contribution in [3.63, 3.8) is 0 Å². The first-order valence-corrected chi connectivity index (χ1v) is 8.55. The first kappa shape index (κ1) is 14.5. The fourth-order valence-corrected chi connectivity index (χ4v) is 4.93. The molecular formula is C19H25BO2. The summed E-state index contributed by atoms with van der Waals surface area (Å²) in [5.41, 5.74) is 1.57. The van der Waals surface area contributed by atoms with Crippen molar-refractivity contribution in [3.05, 3.63) is 42.0 Å². The van der Waals surface area contributed by atoms with Crippen LogP contribution in [0.2, 0.25) is 6.32 Å². The van der Waals surface area contributed by atoms with E-state index < -0.39 is 0 Å². The topological polar surface area (TPSA) is 18.5 Å². The quantitative estimate of drug-likeness (QED) is 0.768. The van der Waals surface area contributed by atoms with Gasteiger partial charge in [-0.05, 0) is 42.6 Å². The van der Waals surface area contributed by atoms with Crippen LogP contribution >= 0.6 is 0 Å². The molecule has 4 atom stereocenters. The minimum absolute atomic E-state index is 0.0786. The molecule has 22 heavy (non-hydrogen) atoms. The van der Waals surface area contributed by atoms with Crippen LogP contribution in [0.15, 0.2) is 36.4 Å². The Labute approximate surface area is 134 Å². The second-order valence-electron chi connectivity index (χ2n) is 7.95. The summed E-state index contributed by atoms with van der Waals surface area (Å²) in [6.45, 7) is 7.08. The van der Waals surface area contributed by atoms with Crippen molar-refractivity contribution in [2.75, 3.05) is 0 Å². The predicted octanol–water partition coefficient (Wildman–Crippen LogP) is 4.43. The molecule has 0 spiro atoms. The Hall–Kier alpha value is -1.06. The van der Waals surface area contributed by atoms with Gasteiger partial charge in [-0.2, -0.15) is 0 Å². The molecule has 4 fully saturated rings. The SMILES string of the molecule is CC1(C)[C@@H]2C[C@H]3OB(C/C=C\c4ccccc4)O[C@@]3(C)[C@H]1C2. The second-order valence-corrected chi connectivity index (χ2v) is 7.95. The minimum Gasteiger partial charge on any atom is -0.405 e. The Balaban J connectivity index is 1.42. The van der Waals surface area contributed by atoms with Gasteiger partial charge in [-0.25, -0.2) is 0 Å². The molecule has 3 saturated carbocycles. The van der Waals surface area contributed by atoms with E-state index in [9.17, 15) is 0 Å². The Morgan fingerprint density at radius 1 is 1.18 bits per heavy atom. The number of rotatable bonds is 3. The Kier molecular flexibility index (Phi) is 3.28. The van der Waals surface area contributed by atoms with E-state index in [1.165, 1.54) is 18.4 Å². The van der Waals surface area contributed by atoms with Crippen LogP contribution in [0, 0.1) is 17.3 Å².